The number of aromatic nitrogens is 4. The van der Waals surface area contributed by atoms with Crippen molar-refractivity contribution < 1.29 is 0 Å². The van der Waals surface area contributed by atoms with Gasteiger partial charge in [0.2, 0.25) is 0 Å². The van der Waals surface area contributed by atoms with Gasteiger partial charge in [0.15, 0.2) is 0 Å². The molecule has 0 fully saturated rings. The van der Waals surface area contributed by atoms with E-state index in [1.165, 1.54) is 0 Å². The standard InChI is InChI=1S/C8H6N2.C5H5N.C4H5N/c1-2-4-8-7(3-1)5-9-6-10-8;1-2-4-6-5-3-1;1-2-4-5-3-1/h1-6H;1-5H;1-5H. The maximum absolute atomic E-state index is 4.07. The third-order valence-electron chi connectivity index (χ3n) is 2.48. The maximum atomic E-state index is 4.07. The first-order chi connectivity index (χ1) is 10.5. The Hall–Kier alpha value is -3.01. The first-order valence-corrected chi connectivity index (χ1v) is 6.54. The van der Waals surface area contributed by atoms with E-state index in [4.69, 9.17) is 0 Å². The van der Waals surface area contributed by atoms with Crippen molar-refractivity contribution in [2.45, 2.75) is 0 Å². The lowest BCUT2D eigenvalue weighted by atomic mass is 10.2. The molecule has 0 radical (unpaired) electrons. The monoisotopic (exact) mass is 276 g/mol. The molecule has 4 rings (SSSR count). The lowest BCUT2D eigenvalue weighted by Gasteiger charge is -1.90. The van der Waals surface area contributed by atoms with E-state index in [0.717, 1.165) is 10.9 Å². The van der Waals surface area contributed by atoms with Crippen molar-refractivity contribution in [3.8, 4) is 0 Å². The van der Waals surface area contributed by atoms with E-state index in [-0.39, 0.29) is 0 Å². The molecule has 0 saturated carbocycles. The fourth-order valence-electron chi connectivity index (χ4n) is 1.51. The Kier molecular flexibility index (Phi) is 6.16. The molecule has 0 aliphatic rings. The fraction of sp³-hybridized carbons (Fsp3) is 0. The van der Waals surface area contributed by atoms with Crippen molar-refractivity contribution >= 4 is 10.9 Å². The second-order valence-corrected chi connectivity index (χ2v) is 3.99. The highest BCUT2D eigenvalue weighted by Gasteiger charge is 1.87. The van der Waals surface area contributed by atoms with E-state index in [0.29, 0.717) is 0 Å². The highest BCUT2D eigenvalue weighted by atomic mass is 14.8. The maximum Gasteiger partial charge on any atom is 0.116 e. The summed E-state index contributed by atoms with van der Waals surface area (Å²) in [6, 6.07) is 17.5. The second kappa shape index (κ2) is 8.98. The van der Waals surface area contributed by atoms with Crippen LogP contribution in [-0.2, 0) is 0 Å². The number of fused-ring (bicyclic) bond motifs is 1. The molecule has 4 aromatic rings. The number of hydrogen-bond donors (Lipinski definition) is 1. The first-order valence-electron chi connectivity index (χ1n) is 6.54. The Balaban J connectivity index is 0.000000126. The van der Waals surface area contributed by atoms with Gasteiger partial charge in [-0.2, -0.15) is 0 Å². The van der Waals surface area contributed by atoms with Crippen LogP contribution in [0.5, 0.6) is 0 Å². The van der Waals surface area contributed by atoms with Crippen molar-refractivity contribution in [3.63, 3.8) is 0 Å². The van der Waals surface area contributed by atoms with E-state index in [2.05, 4.69) is 19.9 Å². The molecular weight excluding hydrogens is 260 g/mol. The summed E-state index contributed by atoms with van der Waals surface area (Å²) in [6.45, 7) is 0. The van der Waals surface area contributed by atoms with Crippen molar-refractivity contribution in [2.75, 3.05) is 0 Å². The summed E-state index contributed by atoms with van der Waals surface area (Å²) in [6.07, 6.45) is 10.6. The molecule has 0 amide bonds. The molecule has 1 N–H and O–H groups in total. The van der Waals surface area contributed by atoms with Gasteiger partial charge in [0.25, 0.3) is 0 Å². The normalized spacial score (nSPS) is 8.95. The highest BCUT2D eigenvalue weighted by Crippen LogP contribution is 2.06. The Labute approximate surface area is 123 Å². The third-order valence-corrected chi connectivity index (χ3v) is 2.48. The minimum atomic E-state index is 0.998. The van der Waals surface area contributed by atoms with E-state index in [1.54, 1.807) is 18.7 Å². The lowest BCUT2D eigenvalue weighted by molar-refractivity contribution is 1.22. The zero-order valence-corrected chi connectivity index (χ0v) is 11.5. The van der Waals surface area contributed by atoms with Gasteiger partial charge in [-0.3, -0.25) is 4.98 Å². The molecule has 1 aromatic carbocycles. The number of hydrogen-bond acceptors (Lipinski definition) is 3. The fourth-order valence-corrected chi connectivity index (χ4v) is 1.51. The van der Waals surface area contributed by atoms with Crippen LogP contribution in [0.4, 0.5) is 0 Å². The van der Waals surface area contributed by atoms with Gasteiger partial charge in [0.1, 0.15) is 6.33 Å². The summed E-state index contributed by atoms with van der Waals surface area (Å²) in [7, 11) is 0. The summed E-state index contributed by atoms with van der Waals surface area (Å²) in [5.41, 5.74) is 0.998. The molecule has 4 nitrogen and oxygen atoms in total. The van der Waals surface area contributed by atoms with E-state index < -0.39 is 0 Å². The number of nitrogens with zero attached hydrogens (tertiary/aromatic N) is 3. The zero-order chi connectivity index (χ0) is 14.6. The molecule has 104 valence electrons. The van der Waals surface area contributed by atoms with Crippen LogP contribution >= 0.6 is 0 Å². The topological polar surface area (TPSA) is 54.5 Å². The zero-order valence-electron chi connectivity index (χ0n) is 11.5. The summed E-state index contributed by atoms with van der Waals surface area (Å²) >= 11 is 0. The number of nitrogens with one attached hydrogen (secondary N) is 1. The van der Waals surface area contributed by atoms with Crippen molar-refractivity contribution in [1.29, 1.82) is 0 Å². The molecule has 0 atom stereocenters. The lowest BCUT2D eigenvalue weighted by Crippen LogP contribution is -1.77. The molecular formula is C17H16N4. The number of para-hydroxylation sites is 1. The molecule has 0 spiro atoms. The number of aromatic amines is 1. The molecule has 0 unspecified atom stereocenters. The molecule has 3 heterocycles. The minimum absolute atomic E-state index is 0.998. The van der Waals surface area contributed by atoms with Gasteiger partial charge in [-0.15, -0.1) is 0 Å². The van der Waals surface area contributed by atoms with Crippen LogP contribution in [0.1, 0.15) is 0 Å². The average molecular weight is 276 g/mol. The molecule has 0 aliphatic carbocycles. The average Bonchev–Trinajstić information content (AvgIpc) is 3.17. The van der Waals surface area contributed by atoms with Crippen LogP contribution < -0.4 is 0 Å². The van der Waals surface area contributed by atoms with Crippen molar-refractivity contribution in [3.05, 3.63) is 91.9 Å². The van der Waals surface area contributed by atoms with E-state index in [1.807, 2.05) is 73.2 Å². The second-order valence-electron chi connectivity index (χ2n) is 3.99. The third kappa shape index (κ3) is 5.65. The Morgan fingerprint density at radius 1 is 0.714 bits per heavy atom. The predicted molar refractivity (Wildman–Crippen MR) is 84.6 cm³/mol. The minimum Gasteiger partial charge on any atom is -0.368 e. The largest absolute Gasteiger partial charge is 0.368 e. The van der Waals surface area contributed by atoms with Crippen LogP contribution in [-0.4, -0.2) is 19.9 Å². The van der Waals surface area contributed by atoms with Crippen molar-refractivity contribution in [2.24, 2.45) is 0 Å². The van der Waals surface area contributed by atoms with E-state index >= 15 is 0 Å². The van der Waals surface area contributed by atoms with Crippen LogP contribution in [0.3, 0.4) is 0 Å². The summed E-state index contributed by atoms with van der Waals surface area (Å²) in [5.74, 6) is 0. The predicted octanol–water partition coefficient (Wildman–Crippen LogP) is 3.73. The van der Waals surface area contributed by atoms with Gasteiger partial charge in [-0.05, 0) is 30.3 Å². The van der Waals surface area contributed by atoms with Gasteiger partial charge in [-0.25, -0.2) is 9.97 Å². The quantitative estimate of drug-likeness (QED) is 0.532. The number of pyridine rings is 1. The summed E-state index contributed by atoms with van der Waals surface area (Å²) in [4.78, 5) is 14.6. The van der Waals surface area contributed by atoms with Crippen LogP contribution in [0.15, 0.2) is 91.9 Å². The summed E-state index contributed by atoms with van der Waals surface area (Å²) < 4.78 is 0. The van der Waals surface area contributed by atoms with Gasteiger partial charge >= 0.3 is 0 Å². The van der Waals surface area contributed by atoms with Crippen LogP contribution in [0, 0.1) is 0 Å². The Morgan fingerprint density at radius 2 is 1.48 bits per heavy atom. The molecule has 4 heteroatoms. The van der Waals surface area contributed by atoms with Crippen LogP contribution in [0.25, 0.3) is 10.9 Å². The highest BCUT2D eigenvalue weighted by molar-refractivity contribution is 5.76. The smallest absolute Gasteiger partial charge is 0.116 e. The van der Waals surface area contributed by atoms with Crippen LogP contribution in [0.2, 0.25) is 0 Å². The molecule has 0 saturated heterocycles. The Morgan fingerprint density at radius 3 is 2.00 bits per heavy atom. The SMILES string of the molecule is c1cc[nH]c1.c1ccc2ncncc2c1.c1ccncc1. The molecule has 0 bridgehead atoms. The number of rotatable bonds is 0. The van der Waals surface area contributed by atoms with Gasteiger partial charge in [0.05, 0.1) is 5.52 Å². The van der Waals surface area contributed by atoms with Crippen molar-refractivity contribution in [1.82, 2.24) is 19.9 Å². The van der Waals surface area contributed by atoms with E-state index in [9.17, 15) is 0 Å². The van der Waals surface area contributed by atoms with Gasteiger partial charge in [0, 0.05) is 36.4 Å². The number of benzene rings is 1. The molecule has 21 heavy (non-hydrogen) atoms. The first kappa shape index (κ1) is 14.4. The molecule has 3 aromatic heterocycles. The van der Waals surface area contributed by atoms with Gasteiger partial charge in [-0.1, -0.05) is 24.3 Å². The van der Waals surface area contributed by atoms with Gasteiger partial charge < -0.3 is 4.98 Å². The molecule has 0 aliphatic heterocycles. The summed E-state index contributed by atoms with van der Waals surface area (Å²) in [5, 5.41) is 1.09. The Bertz CT molecular complexity index is 600. The number of H-pyrrole nitrogens is 1.